The van der Waals surface area contributed by atoms with E-state index in [0.717, 1.165) is 36.8 Å². The van der Waals surface area contributed by atoms with Gasteiger partial charge in [0.25, 0.3) is 0 Å². The normalized spacial score (nSPS) is 19.0. The van der Waals surface area contributed by atoms with Crippen molar-refractivity contribution in [2.24, 2.45) is 0 Å². The van der Waals surface area contributed by atoms with Crippen LogP contribution in [0, 0.1) is 20.8 Å². The fraction of sp³-hybridized carbons (Fsp3) is 0.529. The molecule has 5 nitrogen and oxygen atoms in total. The molecule has 1 saturated heterocycles. The number of allylic oxidation sites excluding steroid dienone is 1. The van der Waals surface area contributed by atoms with Gasteiger partial charge in [0.15, 0.2) is 0 Å². The zero-order valence-electron chi connectivity index (χ0n) is 13.7. The molecular weight excluding hydrogens is 276 g/mol. The summed E-state index contributed by atoms with van der Waals surface area (Å²) < 4.78 is 7.32. The van der Waals surface area contributed by atoms with E-state index in [4.69, 9.17) is 4.52 Å². The Hall–Kier alpha value is -1.88. The van der Waals surface area contributed by atoms with Gasteiger partial charge in [-0.2, -0.15) is 5.10 Å². The van der Waals surface area contributed by atoms with Crippen molar-refractivity contribution in [3.63, 3.8) is 0 Å². The lowest BCUT2D eigenvalue weighted by Gasteiger charge is -2.24. The van der Waals surface area contributed by atoms with Crippen molar-refractivity contribution in [3.8, 4) is 0 Å². The maximum absolute atomic E-state index is 5.36. The smallest absolute Gasteiger partial charge is 0.138 e. The van der Waals surface area contributed by atoms with E-state index in [1.807, 2.05) is 24.6 Å². The van der Waals surface area contributed by atoms with Crippen LogP contribution in [0.4, 0.5) is 0 Å². The van der Waals surface area contributed by atoms with Crippen molar-refractivity contribution in [1.82, 2.24) is 19.8 Å². The molecule has 0 amide bonds. The van der Waals surface area contributed by atoms with Crippen LogP contribution in [0.3, 0.4) is 0 Å². The van der Waals surface area contributed by atoms with Crippen LogP contribution >= 0.6 is 0 Å². The van der Waals surface area contributed by atoms with Crippen LogP contribution in [0.1, 0.15) is 47.2 Å². The van der Waals surface area contributed by atoms with Gasteiger partial charge in [0, 0.05) is 29.9 Å². The molecule has 0 radical (unpaired) electrons. The summed E-state index contributed by atoms with van der Waals surface area (Å²) in [5.74, 6) is 0.952. The molecular formula is C17H24N4O. The predicted molar refractivity (Wildman–Crippen MR) is 85.5 cm³/mol. The van der Waals surface area contributed by atoms with Gasteiger partial charge in [0.05, 0.1) is 17.9 Å². The minimum absolute atomic E-state index is 0.411. The number of hydrogen-bond donors (Lipinski definition) is 0. The van der Waals surface area contributed by atoms with Crippen LogP contribution in [0.5, 0.6) is 0 Å². The summed E-state index contributed by atoms with van der Waals surface area (Å²) in [6.07, 6.45) is 6.40. The summed E-state index contributed by atoms with van der Waals surface area (Å²) in [5, 5.41) is 8.67. The molecule has 3 rings (SSSR count). The second-order valence-electron chi connectivity index (χ2n) is 6.12. The minimum atomic E-state index is 0.411. The molecule has 0 aromatic carbocycles. The van der Waals surface area contributed by atoms with Gasteiger partial charge in [-0.05, 0) is 40.2 Å². The number of likely N-dealkylation sites (tertiary alicyclic amines) is 1. The van der Waals surface area contributed by atoms with Gasteiger partial charge in [0.1, 0.15) is 5.76 Å². The third-order valence-corrected chi connectivity index (χ3v) is 4.52. The predicted octanol–water partition coefficient (Wildman–Crippen LogP) is 3.32. The molecule has 0 saturated carbocycles. The number of hydrogen-bond acceptors (Lipinski definition) is 4. The fourth-order valence-corrected chi connectivity index (χ4v) is 3.47. The highest BCUT2D eigenvalue weighted by molar-refractivity contribution is 5.27. The summed E-state index contributed by atoms with van der Waals surface area (Å²) in [4.78, 5) is 2.52. The number of rotatable bonds is 5. The SMILES string of the molecule is C=CCn1cc(CN2CCCC2c2c(C)noc2C)c(C)n1. The first-order valence-electron chi connectivity index (χ1n) is 7.90. The van der Waals surface area contributed by atoms with Gasteiger partial charge >= 0.3 is 0 Å². The largest absolute Gasteiger partial charge is 0.361 e. The highest BCUT2D eigenvalue weighted by Crippen LogP contribution is 2.36. The summed E-state index contributed by atoms with van der Waals surface area (Å²) in [5.41, 5.74) is 4.69. The first kappa shape index (κ1) is 15.0. The lowest BCUT2D eigenvalue weighted by molar-refractivity contribution is 0.245. The third kappa shape index (κ3) is 2.73. The Morgan fingerprint density at radius 3 is 2.86 bits per heavy atom. The van der Waals surface area contributed by atoms with Crippen molar-refractivity contribution in [2.45, 2.75) is 52.7 Å². The zero-order valence-corrected chi connectivity index (χ0v) is 13.7. The quantitative estimate of drug-likeness (QED) is 0.795. The molecule has 5 heteroatoms. The van der Waals surface area contributed by atoms with Crippen LogP contribution in [-0.2, 0) is 13.1 Å². The van der Waals surface area contributed by atoms with E-state index >= 15 is 0 Å². The zero-order chi connectivity index (χ0) is 15.7. The minimum Gasteiger partial charge on any atom is -0.361 e. The molecule has 118 valence electrons. The Morgan fingerprint density at radius 2 is 2.18 bits per heavy atom. The maximum Gasteiger partial charge on any atom is 0.138 e. The maximum atomic E-state index is 5.36. The fourth-order valence-electron chi connectivity index (χ4n) is 3.47. The second-order valence-corrected chi connectivity index (χ2v) is 6.12. The standard InChI is InChI=1S/C17H24N4O/c1-5-8-21-11-15(12(2)18-21)10-20-9-6-7-16(20)17-13(3)19-22-14(17)4/h5,11,16H,1,6-10H2,2-4H3. The van der Waals surface area contributed by atoms with Gasteiger partial charge in [-0.3, -0.25) is 9.58 Å². The molecule has 1 atom stereocenters. The third-order valence-electron chi connectivity index (χ3n) is 4.52. The van der Waals surface area contributed by atoms with Crippen molar-refractivity contribution in [2.75, 3.05) is 6.54 Å². The molecule has 1 aliphatic heterocycles. The Balaban J connectivity index is 1.81. The van der Waals surface area contributed by atoms with Crippen LogP contribution in [0.25, 0.3) is 0 Å². The van der Waals surface area contributed by atoms with E-state index in [0.29, 0.717) is 6.04 Å². The summed E-state index contributed by atoms with van der Waals surface area (Å²) in [7, 11) is 0. The van der Waals surface area contributed by atoms with Crippen molar-refractivity contribution < 1.29 is 4.52 Å². The molecule has 1 fully saturated rings. The van der Waals surface area contributed by atoms with Crippen molar-refractivity contribution >= 4 is 0 Å². The lowest BCUT2D eigenvalue weighted by atomic mass is 10.0. The summed E-state index contributed by atoms with van der Waals surface area (Å²) in [6, 6.07) is 0.411. The highest BCUT2D eigenvalue weighted by atomic mass is 16.5. The van der Waals surface area contributed by atoms with E-state index < -0.39 is 0 Å². The van der Waals surface area contributed by atoms with Gasteiger partial charge in [0.2, 0.25) is 0 Å². The van der Waals surface area contributed by atoms with Gasteiger partial charge in [-0.15, -0.1) is 6.58 Å². The monoisotopic (exact) mass is 300 g/mol. The summed E-state index contributed by atoms with van der Waals surface area (Å²) >= 11 is 0. The molecule has 1 unspecified atom stereocenters. The first-order valence-corrected chi connectivity index (χ1v) is 7.90. The molecule has 2 aromatic rings. The molecule has 0 aliphatic carbocycles. The van der Waals surface area contributed by atoms with E-state index in [9.17, 15) is 0 Å². The summed E-state index contributed by atoms with van der Waals surface area (Å²) in [6.45, 7) is 12.7. The lowest BCUT2D eigenvalue weighted by Crippen LogP contribution is -2.23. The molecule has 3 heterocycles. The Kier molecular flexibility index (Phi) is 4.16. The number of nitrogens with zero attached hydrogens (tertiary/aromatic N) is 4. The Labute approximate surface area is 131 Å². The second kappa shape index (κ2) is 6.08. The van der Waals surface area contributed by atoms with Crippen LogP contribution < -0.4 is 0 Å². The van der Waals surface area contributed by atoms with E-state index in [1.165, 1.54) is 24.0 Å². The van der Waals surface area contributed by atoms with E-state index in [1.54, 1.807) is 0 Å². The van der Waals surface area contributed by atoms with Gasteiger partial charge < -0.3 is 4.52 Å². The highest BCUT2D eigenvalue weighted by Gasteiger charge is 2.31. The van der Waals surface area contributed by atoms with Crippen molar-refractivity contribution in [3.05, 3.63) is 47.1 Å². The van der Waals surface area contributed by atoms with Crippen molar-refractivity contribution in [1.29, 1.82) is 0 Å². The molecule has 2 aromatic heterocycles. The van der Waals surface area contributed by atoms with Crippen LogP contribution in [0.15, 0.2) is 23.4 Å². The molecule has 0 bridgehead atoms. The van der Waals surface area contributed by atoms with Crippen LogP contribution in [0.2, 0.25) is 0 Å². The van der Waals surface area contributed by atoms with E-state index in [2.05, 4.69) is 34.9 Å². The Morgan fingerprint density at radius 1 is 1.36 bits per heavy atom. The van der Waals surface area contributed by atoms with Gasteiger partial charge in [-0.1, -0.05) is 11.2 Å². The average Bonchev–Trinajstić information content (AvgIpc) is 3.13. The molecule has 0 spiro atoms. The van der Waals surface area contributed by atoms with E-state index in [-0.39, 0.29) is 0 Å². The molecule has 0 N–H and O–H groups in total. The first-order chi connectivity index (χ1) is 10.6. The topological polar surface area (TPSA) is 47.1 Å². The van der Waals surface area contributed by atoms with Crippen LogP contribution in [-0.4, -0.2) is 26.4 Å². The molecule has 22 heavy (non-hydrogen) atoms. The number of aryl methyl sites for hydroxylation is 3. The van der Waals surface area contributed by atoms with Gasteiger partial charge in [-0.25, -0.2) is 0 Å². The average molecular weight is 300 g/mol. The molecule has 1 aliphatic rings. The number of aromatic nitrogens is 3. The Bertz CT molecular complexity index is 651.